The topological polar surface area (TPSA) is 23.8 Å². The third-order valence-corrected chi connectivity index (χ3v) is 6.65. The van der Waals surface area contributed by atoms with E-state index < -0.39 is 0 Å². The number of rotatable bonds is 10. The van der Waals surface area contributed by atoms with Crippen LogP contribution < -0.4 is 0 Å². The largest absolute Gasteiger partial charge is 0.198 e. The summed E-state index contributed by atoms with van der Waals surface area (Å²) in [6.07, 6.45) is 16.4. The van der Waals surface area contributed by atoms with Crippen LogP contribution in [0, 0.1) is 22.2 Å². The molecule has 0 aromatic heterocycles. The van der Waals surface area contributed by atoms with E-state index in [1.54, 1.807) is 22.3 Å². The molecular formula is C25H41N. The predicted molar refractivity (Wildman–Crippen MR) is 113 cm³/mol. The zero-order chi connectivity index (χ0) is 19.2. The molecule has 0 atom stereocenters. The second-order valence-electron chi connectivity index (χ2n) is 10.2. The van der Waals surface area contributed by atoms with Crippen LogP contribution in [0.25, 0.3) is 0 Å². The normalized spacial score (nSPS) is 19.7. The van der Waals surface area contributed by atoms with Crippen LogP contribution in [-0.4, -0.2) is 0 Å². The van der Waals surface area contributed by atoms with Crippen molar-refractivity contribution in [1.29, 1.82) is 5.26 Å². The van der Waals surface area contributed by atoms with E-state index >= 15 is 0 Å². The summed E-state index contributed by atoms with van der Waals surface area (Å²) >= 11 is 0. The quantitative estimate of drug-likeness (QED) is 0.362. The lowest BCUT2D eigenvalue weighted by atomic mass is 9.81. The van der Waals surface area contributed by atoms with Gasteiger partial charge in [0.1, 0.15) is 0 Å². The number of unbranched alkanes of at least 4 members (excludes halogenated alkanes) is 3. The van der Waals surface area contributed by atoms with Crippen LogP contribution in [0.2, 0.25) is 0 Å². The van der Waals surface area contributed by atoms with E-state index in [0.717, 1.165) is 19.3 Å². The van der Waals surface area contributed by atoms with Crippen LogP contribution in [0.15, 0.2) is 22.3 Å². The Bertz CT molecular complexity index is 572. The van der Waals surface area contributed by atoms with Crippen LogP contribution >= 0.6 is 0 Å². The van der Waals surface area contributed by atoms with Crippen molar-refractivity contribution in [3.63, 3.8) is 0 Å². The molecule has 2 rings (SSSR count). The van der Waals surface area contributed by atoms with Gasteiger partial charge in [0.25, 0.3) is 0 Å². The minimum absolute atomic E-state index is 0.0960. The highest BCUT2D eigenvalue weighted by Gasteiger charge is 2.41. The van der Waals surface area contributed by atoms with Crippen LogP contribution in [0.1, 0.15) is 118 Å². The summed E-state index contributed by atoms with van der Waals surface area (Å²) < 4.78 is 0. The van der Waals surface area contributed by atoms with Gasteiger partial charge in [-0.3, -0.25) is 0 Å². The van der Waals surface area contributed by atoms with Gasteiger partial charge < -0.3 is 0 Å². The molecule has 0 unspecified atom stereocenters. The van der Waals surface area contributed by atoms with Gasteiger partial charge in [0, 0.05) is 0 Å². The molecule has 1 heteroatoms. The lowest BCUT2D eigenvalue weighted by Crippen LogP contribution is -2.06. The second-order valence-corrected chi connectivity index (χ2v) is 10.2. The Hall–Kier alpha value is -1.03. The Morgan fingerprint density at radius 3 is 2.23 bits per heavy atom. The fourth-order valence-electron chi connectivity index (χ4n) is 4.34. The van der Waals surface area contributed by atoms with Crippen molar-refractivity contribution in [2.45, 2.75) is 118 Å². The molecule has 0 bridgehead atoms. The molecule has 0 heterocycles. The smallest absolute Gasteiger partial charge is 0.0689 e. The van der Waals surface area contributed by atoms with Gasteiger partial charge in [-0.05, 0) is 94.6 Å². The Balaban J connectivity index is 1.80. The molecule has 0 spiro atoms. The summed E-state index contributed by atoms with van der Waals surface area (Å²) in [5.41, 5.74) is 7.24. The molecule has 146 valence electrons. The van der Waals surface area contributed by atoms with Gasteiger partial charge >= 0.3 is 0 Å². The first kappa shape index (κ1) is 21.3. The van der Waals surface area contributed by atoms with Crippen molar-refractivity contribution in [2.75, 3.05) is 0 Å². The van der Waals surface area contributed by atoms with Crippen molar-refractivity contribution >= 4 is 0 Å². The van der Waals surface area contributed by atoms with Crippen LogP contribution in [-0.2, 0) is 0 Å². The summed E-state index contributed by atoms with van der Waals surface area (Å²) in [6.45, 7) is 11.7. The van der Waals surface area contributed by atoms with Crippen molar-refractivity contribution in [3.05, 3.63) is 22.3 Å². The van der Waals surface area contributed by atoms with E-state index in [2.05, 4.69) is 40.7 Å². The maximum absolute atomic E-state index is 9.20. The number of hydrogen-bond donors (Lipinski definition) is 0. The zero-order valence-corrected chi connectivity index (χ0v) is 18.1. The van der Waals surface area contributed by atoms with Crippen molar-refractivity contribution in [3.8, 4) is 6.07 Å². The zero-order valence-electron chi connectivity index (χ0n) is 18.1. The monoisotopic (exact) mass is 355 g/mol. The molecule has 2 aliphatic rings. The van der Waals surface area contributed by atoms with Gasteiger partial charge in [-0.15, -0.1) is 0 Å². The number of hydrogen-bond acceptors (Lipinski definition) is 1. The molecule has 0 aliphatic heterocycles. The van der Waals surface area contributed by atoms with Crippen molar-refractivity contribution in [2.24, 2.45) is 10.8 Å². The van der Waals surface area contributed by atoms with Gasteiger partial charge in [-0.25, -0.2) is 0 Å². The highest BCUT2D eigenvalue weighted by Crippen LogP contribution is 2.49. The SMILES string of the molecule is CC1=C(C)C(CCCCC(C)(C)C)=C(CCCCCC2(C#N)CC2)CC1. The maximum atomic E-state index is 9.20. The molecule has 26 heavy (non-hydrogen) atoms. The van der Waals surface area contributed by atoms with Gasteiger partial charge in [-0.2, -0.15) is 5.26 Å². The van der Waals surface area contributed by atoms with Gasteiger partial charge in [0.15, 0.2) is 0 Å². The number of allylic oxidation sites excluding steroid dienone is 4. The summed E-state index contributed by atoms with van der Waals surface area (Å²) in [7, 11) is 0. The van der Waals surface area contributed by atoms with E-state index in [1.807, 2.05) is 0 Å². The Morgan fingerprint density at radius 2 is 1.62 bits per heavy atom. The molecular weight excluding hydrogens is 314 g/mol. The van der Waals surface area contributed by atoms with Crippen LogP contribution in [0.4, 0.5) is 0 Å². The summed E-state index contributed by atoms with van der Waals surface area (Å²) in [5, 5.41) is 9.20. The minimum atomic E-state index is 0.0960. The first-order chi connectivity index (χ1) is 12.3. The first-order valence-electron chi connectivity index (χ1n) is 11.1. The molecule has 1 nitrogen and oxygen atoms in total. The third kappa shape index (κ3) is 6.61. The molecule has 0 amide bonds. The molecule has 0 aromatic rings. The van der Waals surface area contributed by atoms with Crippen LogP contribution in [0.3, 0.4) is 0 Å². The fraction of sp³-hybridized carbons (Fsp3) is 0.800. The van der Waals surface area contributed by atoms with Crippen molar-refractivity contribution in [1.82, 2.24) is 0 Å². The lowest BCUT2D eigenvalue weighted by molar-refractivity contribution is 0.360. The highest BCUT2D eigenvalue weighted by molar-refractivity contribution is 5.40. The van der Waals surface area contributed by atoms with E-state index in [1.165, 1.54) is 64.2 Å². The van der Waals surface area contributed by atoms with E-state index in [4.69, 9.17) is 0 Å². The third-order valence-electron chi connectivity index (χ3n) is 6.65. The number of nitrogens with zero attached hydrogens (tertiary/aromatic N) is 1. The molecule has 2 aliphatic carbocycles. The van der Waals surface area contributed by atoms with Crippen molar-refractivity contribution < 1.29 is 0 Å². The van der Waals surface area contributed by atoms with Gasteiger partial charge in [0.2, 0.25) is 0 Å². The molecule has 0 N–H and O–H groups in total. The van der Waals surface area contributed by atoms with Gasteiger partial charge in [-0.1, -0.05) is 51.2 Å². The predicted octanol–water partition coefficient (Wildman–Crippen LogP) is 8.27. The summed E-state index contributed by atoms with van der Waals surface area (Å²) in [5.74, 6) is 0. The highest BCUT2D eigenvalue weighted by atomic mass is 14.5. The van der Waals surface area contributed by atoms with Gasteiger partial charge in [0.05, 0.1) is 11.5 Å². The van der Waals surface area contributed by atoms with E-state index in [-0.39, 0.29) is 5.41 Å². The molecule has 0 saturated heterocycles. The van der Waals surface area contributed by atoms with E-state index in [0.29, 0.717) is 5.41 Å². The summed E-state index contributed by atoms with van der Waals surface area (Å²) in [6, 6.07) is 2.53. The number of nitriles is 1. The maximum Gasteiger partial charge on any atom is 0.0689 e. The molecule has 1 fully saturated rings. The standard InChI is InChI=1S/C25H41N/c1-20-13-14-22(11-7-6-9-16-25(19-26)17-18-25)23(21(20)2)12-8-10-15-24(3,4)5/h6-18H2,1-5H3. The molecule has 0 aromatic carbocycles. The fourth-order valence-corrected chi connectivity index (χ4v) is 4.34. The first-order valence-corrected chi connectivity index (χ1v) is 11.1. The Morgan fingerprint density at radius 1 is 0.923 bits per heavy atom. The Kier molecular flexibility index (Phi) is 7.57. The average molecular weight is 356 g/mol. The average Bonchev–Trinajstić information content (AvgIpc) is 3.36. The second kappa shape index (κ2) is 9.25. The lowest BCUT2D eigenvalue weighted by Gasteiger charge is -2.24. The Labute approximate surface area is 162 Å². The van der Waals surface area contributed by atoms with E-state index in [9.17, 15) is 5.26 Å². The molecule has 0 radical (unpaired) electrons. The minimum Gasteiger partial charge on any atom is -0.198 e. The van der Waals surface area contributed by atoms with Crippen LogP contribution in [0.5, 0.6) is 0 Å². The summed E-state index contributed by atoms with van der Waals surface area (Å²) in [4.78, 5) is 0. The molecule has 1 saturated carbocycles.